The number of hydrogen-bond donors (Lipinski definition) is 1. The van der Waals surface area contributed by atoms with Gasteiger partial charge in [0.1, 0.15) is 0 Å². The first-order valence-electron chi connectivity index (χ1n) is 8.74. The first-order valence-corrected chi connectivity index (χ1v) is 9.72. The van der Waals surface area contributed by atoms with E-state index in [4.69, 9.17) is 0 Å². The molecule has 1 N–H and O–H groups in total. The topological polar surface area (TPSA) is 79.6 Å². The summed E-state index contributed by atoms with van der Waals surface area (Å²) >= 11 is 1.32. The number of amides is 2. The van der Waals surface area contributed by atoms with Crippen LogP contribution in [-0.4, -0.2) is 50.2 Å². The van der Waals surface area contributed by atoms with E-state index in [0.29, 0.717) is 29.5 Å². The van der Waals surface area contributed by atoms with Crippen molar-refractivity contribution in [3.8, 4) is 0 Å². The number of carbonyl (C=O) groups is 2. The Labute approximate surface area is 161 Å². The lowest BCUT2D eigenvalue weighted by molar-refractivity contribution is -0.113. The Morgan fingerprint density at radius 1 is 1.07 bits per heavy atom. The van der Waals surface area contributed by atoms with Crippen molar-refractivity contribution in [2.75, 3.05) is 24.2 Å². The minimum Gasteiger partial charge on any atom is -0.339 e. The zero-order valence-corrected chi connectivity index (χ0v) is 16.1. The fourth-order valence-electron chi connectivity index (χ4n) is 2.63. The van der Waals surface area contributed by atoms with Crippen molar-refractivity contribution in [2.45, 2.75) is 19.0 Å². The lowest BCUT2D eigenvalue weighted by Crippen LogP contribution is -2.30. The predicted octanol–water partition coefficient (Wildman–Crippen LogP) is 2.94. The summed E-state index contributed by atoms with van der Waals surface area (Å²) in [7, 11) is 0. The molecular formula is C19H21N5O2S. The Bertz CT molecular complexity index is 935. The average molecular weight is 383 g/mol. The summed E-state index contributed by atoms with van der Waals surface area (Å²) in [6, 6.07) is 12.6. The molecule has 0 aliphatic rings. The number of benzene rings is 1. The SMILES string of the molecule is CCN(CC)C(=O)c1ccc(NC(=O)CSc2nnc3ccccn23)cc1. The van der Waals surface area contributed by atoms with E-state index in [1.54, 1.807) is 29.2 Å². The van der Waals surface area contributed by atoms with Crippen LogP contribution in [0, 0.1) is 0 Å². The number of nitrogens with zero attached hydrogens (tertiary/aromatic N) is 4. The van der Waals surface area contributed by atoms with Gasteiger partial charge in [0.05, 0.1) is 5.75 Å². The third kappa shape index (κ3) is 4.46. The van der Waals surface area contributed by atoms with Gasteiger partial charge in [-0.2, -0.15) is 0 Å². The summed E-state index contributed by atoms with van der Waals surface area (Å²) in [4.78, 5) is 26.3. The molecular weight excluding hydrogens is 362 g/mol. The molecule has 0 unspecified atom stereocenters. The number of aromatic nitrogens is 3. The quantitative estimate of drug-likeness (QED) is 0.635. The van der Waals surface area contributed by atoms with Crippen molar-refractivity contribution in [2.24, 2.45) is 0 Å². The first kappa shape index (κ1) is 18.9. The van der Waals surface area contributed by atoms with Crippen LogP contribution in [0.2, 0.25) is 0 Å². The maximum Gasteiger partial charge on any atom is 0.253 e. The molecule has 0 saturated carbocycles. The van der Waals surface area contributed by atoms with Crippen LogP contribution in [0.25, 0.3) is 5.65 Å². The summed E-state index contributed by atoms with van der Waals surface area (Å²) < 4.78 is 1.84. The van der Waals surface area contributed by atoms with E-state index in [2.05, 4.69) is 15.5 Å². The number of fused-ring (bicyclic) bond motifs is 1. The van der Waals surface area contributed by atoms with Gasteiger partial charge >= 0.3 is 0 Å². The summed E-state index contributed by atoms with van der Waals surface area (Å²) in [6.07, 6.45) is 1.86. The second-order valence-corrected chi connectivity index (χ2v) is 6.75. The average Bonchev–Trinajstić information content (AvgIpc) is 3.11. The molecule has 0 aliphatic heterocycles. The molecule has 8 heteroatoms. The molecule has 1 aromatic carbocycles. The van der Waals surface area contributed by atoms with Crippen LogP contribution in [0.1, 0.15) is 24.2 Å². The monoisotopic (exact) mass is 383 g/mol. The smallest absolute Gasteiger partial charge is 0.253 e. The van der Waals surface area contributed by atoms with Crippen LogP contribution >= 0.6 is 11.8 Å². The molecule has 0 atom stereocenters. The molecule has 0 radical (unpaired) electrons. The lowest BCUT2D eigenvalue weighted by Gasteiger charge is -2.18. The minimum atomic E-state index is -0.143. The largest absolute Gasteiger partial charge is 0.339 e. The number of rotatable bonds is 7. The fourth-order valence-corrected chi connectivity index (χ4v) is 3.36. The Morgan fingerprint density at radius 2 is 1.81 bits per heavy atom. The summed E-state index contributed by atoms with van der Waals surface area (Å²) in [5.41, 5.74) is 2.01. The number of hydrogen-bond acceptors (Lipinski definition) is 5. The molecule has 2 amide bonds. The Morgan fingerprint density at radius 3 is 2.52 bits per heavy atom. The highest BCUT2D eigenvalue weighted by Gasteiger charge is 2.13. The number of nitrogens with one attached hydrogen (secondary N) is 1. The van der Waals surface area contributed by atoms with Gasteiger partial charge in [0.25, 0.3) is 5.91 Å². The second-order valence-electron chi connectivity index (χ2n) is 5.80. The van der Waals surface area contributed by atoms with Crippen LogP contribution in [0.3, 0.4) is 0 Å². The Kier molecular flexibility index (Phi) is 6.08. The highest BCUT2D eigenvalue weighted by molar-refractivity contribution is 7.99. The van der Waals surface area contributed by atoms with Gasteiger partial charge in [-0.25, -0.2) is 0 Å². The number of thioether (sulfide) groups is 1. The normalized spacial score (nSPS) is 10.7. The maximum absolute atomic E-state index is 12.3. The van der Waals surface area contributed by atoms with E-state index >= 15 is 0 Å². The standard InChI is InChI=1S/C19H21N5O2S/c1-3-23(4-2)18(26)14-8-10-15(11-9-14)20-17(25)13-27-19-22-21-16-7-5-6-12-24(16)19/h5-12H,3-4,13H2,1-2H3,(H,20,25). The molecule has 2 aromatic heterocycles. The van der Waals surface area contributed by atoms with Gasteiger partial charge in [-0.05, 0) is 50.2 Å². The predicted molar refractivity (Wildman–Crippen MR) is 106 cm³/mol. The van der Waals surface area contributed by atoms with E-state index in [9.17, 15) is 9.59 Å². The van der Waals surface area contributed by atoms with Gasteiger partial charge in [-0.1, -0.05) is 17.8 Å². The zero-order valence-electron chi connectivity index (χ0n) is 15.3. The van der Waals surface area contributed by atoms with Crippen LogP contribution in [0.5, 0.6) is 0 Å². The lowest BCUT2D eigenvalue weighted by atomic mass is 10.2. The van der Waals surface area contributed by atoms with Crippen molar-refractivity contribution >= 4 is 34.9 Å². The maximum atomic E-state index is 12.3. The summed E-state index contributed by atoms with van der Waals surface area (Å²) in [5.74, 6) is 0.0677. The van der Waals surface area contributed by atoms with Crippen molar-refractivity contribution in [3.63, 3.8) is 0 Å². The van der Waals surface area contributed by atoms with Crippen molar-refractivity contribution in [1.29, 1.82) is 0 Å². The molecule has 2 heterocycles. The number of carbonyl (C=O) groups excluding carboxylic acids is 2. The molecule has 0 spiro atoms. The van der Waals surface area contributed by atoms with Crippen molar-refractivity contribution in [1.82, 2.24) is 19.5 Å². The van der Waals surface area contributed by atoms with E-state index < -0.39 is 0 Å². The van der Waals surface area contributed by atoms with Gasteiger partial charge in [-0.15, -0.1) is 10.2 Å². The molecule has 0 saturated heterocycles. The fraction of sp³-hybridized carbons (Fsp3) is 0.263. The molecule has 0 bridgehead atoms. The van der Waals surface area contributed by atoms with Crippen molar-refractivity contribution in [3.05, 3.63) is 54.2 Å². The zero-order chi connectivity index (χ0) is 19.2. The van der Waals surface area contributed by atoms with Gasteiger partial charge in [0, 0.05) is 30.5 Å². The van der Waals surface area contributed by atoms with Crippen molar-refractivity contribution < 1.29 is 9.59 Å². The Hall–Kier alpha value is -2.87. The van der Waals surface area contributed by atoms with Crippen LogP contribution in [0.15, 0.2) is 53.8 Å². The number of pyridine rings is 1. The van der Waals surface area contributed by atoms with Crippen LogP contribution in [0.4, 0.5) is 5.69 Å². The van der Waals surface area contributed by atoms with Gasteiger partial charge in [0.2, 0.25) is 5.91 Å². The summed E-state index contributed by atoms with van der Waals surface area (Å²) in [6.45, 7) is 5.24. The molecule has 7 nitrogen and oxygen atoms in total. The molecule has 0 aliphatic carbocycles. The molecule has 3 aromatic rings. The van der Waals surface area contributed by atoms with E-state index in [0.717, 1.165) is 5.65 Å². The van der Waals surface area contributed by atoms with E-state index in [1.165, 1.54) is 11.8 Å². The second kappa shape index (κ2) is 8.68. The van der Waals surface area contributed by atoms with Gasteiger partial charge < -0.3 is 10.2 Å². The minimum absolute atomic E-state index is 0.00730. The first-order chi connectivity index (χ1) is 13.1. The third-order valence-corrected chi connectivity index (χ3v) is 5.02. The Balaban J connectivity index is 1.57. The van der Waals surface area contributed by atoms with E-state index in [-0.39, 0.29) is 17.6 Å². The van der Waals surface area contributed by atoms with E-state index in [1.807, 2.05) is 42.6 Å². The number of anilines is 1. The van der Waals surface area contributed by atoms with Crippen LogP contribution < -0.4 is 5.32 Å². The highest BCUT2D eigenvalue weighted by Crippen LogP contribution is 2.17. The molecule has 140 valence electrons. The van der Waals surface area contributed by atoms with Gasteiger partial charge in [0.15, 0.2) is 10.8 Å². The molecule has 0 fully saturated rings. The molecule has 3 rings (SSSR count). The van der Waals surface area contributed by atoms with Gasteiger partial charge in [-0.3, -0.25) is 14.0 Å². The molecule has 27 heavy (non-hydrogen) atoms. The van der Waals surface area contributed by atoms with Crippen LogP contribution in [-0.2, 0) is 4.79 Å². The summed E-state index contributed by atoms with van der Waals surface area (Å²) in [5, 5.41) is 11.7. The third-order valence-electron chi connectivity index (χ3n) is 4.08. The highest BCUT2D eigenvalue weighted by atomic mass is 32.2.